The van der Waals surface area contributed by atoms with Gasteiger partial charge in [0.15, 0.2) is 11.6 Å². The van der Waals surface area contributed by atoms with Crippen LogP contribution in [0.1, 0.15) is 45.5 Å². The fourth-order valence-electron chi connectivity index (χ4n) is 6.27. The van der Waals surface area contributed by atoms with Crippen LogP contribution in [0.5, 0.6) is 11.5 Å². The molecule has 1 fully saturated rings. The number of rotatable bonds is 17. The van der Waals surface area contributed by atoms with Crippen LogP contribution in [0.4, 0.5) is 14.5 Å². The smallest absolute Gasteiger partial charge is 0.255 e. The first kappa shape index (κ1) is 40.1. The number of anilines is 1. The highest BCUT2D eigenvalue weighted by Crippen LogP contribution is 2.35. The standard InChI is InChI=1S/C40H46ClF2N3O7/c1-25-30(31-7-4-9-37(26(31)2)52-15-5-13-46-14-12-29(50)20-46)6-3-8-32(25)39(51)45-36-18-38(53-21-27-10-11-34(42)35(43)16-27)28(17-33(36)41)19-44-40(22-47,23-48)24-49/h3-4,6-11,16-18,29,44,47-50H,5,12-15,19-24H2,1-2H3,(H,45,51)/t29-/m1/s1. The Kier molecular flexibility index (Phi) is 13.8. The predicted octanol–water partition coefficient (Wildman–Crippen LogP) is 5.37. The second kappa shape index (κ2) is 18.3. The SMILES string of the molecule is Cc1c(OCCCN2CC[C@@H](O)C2)cccc1-c1cccc(C(=O)Nc2cc(OCc3ccc(F)c(F)c3)c(CNC(CO)(CO)CO)cc2Cl)c1C. The van der Waals surface area contributed by atoms with Crippen LogP contribution < -0.4 is 20.1 Å². The maximum Gasteiger partial charge on any atom is 0.255 e. The van der Waals surface area contributed by atoms with E-state index in [9.17, 15) is 34.0 Å². The number of aliphatic hydroxyl groups excluding tert-OH is 4. The molecule has 10 nitrogen and oxygen atoms in total. The Hall–Kier alpha value is -4.14. The average Bonchev–Trinajstić information content (AvgIpc) is 3.58. The number of likely N-dealkylation sites (tertiary alicyclic amines) is 1. The molecule has 0 unspecified atom stereocenters. The van der Waals surface area contributed by atoms with Gasteiger partial charge in [0.1, 0.15) is 18.1 Å². The van der Waals surface area contributed by atoms with Gasteiger partial charge in [0.2, 0.25) is 0 Å². The lowest BCUT2D eigenvalue weighted by Gasteiger charge is -2.29. The van der Waals surface area contributed by atoms with E-state index in [2.05, 4.69) is 15.5 Å². The summed E-state index contributed by atoms with van der Waals surface area (Å²) in [5.74, 6) is -1.48. The zero-order chi connectivity index (χ0) is 38.1. The second-order valence-electron chi connectivity index (χ2n) is 13.4. The van der Waals surface area contributed by atoms with E-state index in [1.165, 1.54) is 18.2 Å². The summed E-state index contributed by atoms with van der Waals surface area (Å²) in [6.07, 6.45) is 1.38. The molecule has 1 saturated heterocycles. The number of carbonyl (C=O) groups excluding carboxylic acids is 1. The number of hydrogen-bond donors (Lipinski definition) is 6. The summed E-state index contributed by atoms with van der Waals surface area (Å²) in [5.41, 5.74) is 3.47. The Labute approximate surface area is 312 Å². The monoisotopic (exact) mass is 753 g/mol. The summed E-state index contributed by atoms with van der Waals surface area (Å²) in [5, 5.41) is 45.1. The van der Waals surface area contributed by atoms with Crippen LogP contribution in [0.15, 0.2) is 66.7 Å². The number of nitrogens with one attached hydrogen (secondary N) is 2. The molecule has 5 rings (SSSR count). The Balaban J connectivity index is 1.35. The van der Waals surface area contributed by atoms with Gasteiger partial charge in [-0.1, -0.05) is 41.9 Å². The molecule has 6 N–H and O–H groups in total. The minimum atomic E-state index is -1.40. The lowest BCUT2D eigenvalue weighted by Crippen LogP contribution is -2.54. The van der Waals surface area contributed by atoms with Crippen molar-refractivity contribution in [2.24, 2.45) is 0 Å². The van der Waals surface area contributed by atoms with Crippen molar-refractivity contribution in [1.29, 1.82) is 0 Å². The van der Waals surface area contributed by atoms with Gasteiger partial charge in [-0.05, 0) is 84.8 Å². The van der Waals surface area contributed by atoms with E-state index in [4.69, 9.17) is 21.1 Å². The summed E-state index contributed by atoms with van der Waals surface area (Å²) >= 11 is 6.68. The zero-order valence-corrected chi connectivity index (χ0v) is 30.6. The van der Waals surface area contributed by atoms with Crippen molar-refractivity contribution in [3.8, 4) is 22.6 Å². The maximum absolute atomic E-state index is 13.9. The topological polar surface area (TPSA) is 144 Å². The highest BCUT2D eigenvalue weighted by atomic mass is 35.5. The number of β-amino-alcohol motifs (C(OH)–C–C–N with tert-alkyl or cyclic N) is 1. The Morgan fingerprint density at radius 3 is 2.32 bits per heavy atom. The third kappa shape index (κ3) is 9.89. The predicted molar refractivity (Wildman–Crippen MR) is 199 cm³/mol. The van der Waals surface area contributed by atoms with Crippen LogP contribution in [-0.4, -0.2) is 88.9 Å². The van der Waals surface area contributed by atoms with Crippen molar-refractivity contribution < 1.29 is 43.5 Å². The molecule has 4 aromatic carbocycles. The van der Waals surface area contributed by atoms with Crippen molar-refractivity contribution in [2.75, 3.05) is 51.4 Å². The molecule has 284 valence electrons. The molecule has 0 radical (unpaired) electrons. The van der Waals surface area contributed by atoms with Gasteiger partial charge in [0, 0.05) is 43.4 Å². The number of halogens is 3. The van der Waals surface area contributed by atoms with Gasteiger partial charge >= 0.3 is 0 Å². The minimum absolute atomic E-state index is 0.0192. The van der Waals surface area contributed by atoms with E-state index in [1.54, 1.807) is 12.1 Å². The van der Waals surface area contributed by atoms with E-state index in [0.717, 1.165) is 66.1 Å². The molecule has 4 aromatic rings. The van der Waals surface area contributed by atoms with Crippen LogP contribution in [0.25, 0.3) is 11.1 Å². The van der Waals surface area contributed by atoms with Gasteiger partial charge in [0.25, 0.3) is 5.91 Å². The first-order chi connectivity index (χ1) is 25.5. The van der Waals surface area contributed by atoms with Crippen molar-refractivity contribution >= 4 is 23.2 Å². The number of nitrogens with zero attached hydrogens (tertiary/aromatic N) is 1. The van der Waals surface area contributed by atoms with Gasteiger partial charge in [-0.25, -0.2) is 8.78 Å². The Bertz CT molecular complexity index is 1880. The fourth-order valence-corrected chi connectivity index (χ4v) is 6.50. The lowest BCUT2D eigenvalue weighted by molar-refractivity contribution is 0.0412. The number of amides is 1. The van der Waals surface area contributed by atoms with Gasteiger partial charge in [-0.2, -0.15) is 0 Å². The number of carbonyl (C=O) groups is 1. The van der Waals surface area contributed by atoms with Crippen molar-refractivity contribution in [3.05, 3.63) is 111 Å². The molecule has 13 heteroatoms. The molecular weight excluding hydrogens is 708 g/mol. The highest BCUT2D eigenvalue weighted by Gasteiger charge is 2.28. The number of hydrogen-bond acceptors (Lipinski definition) is 9. The van der Waals surface area contributed by atoms with E-state index in [0.29, 0.717) is 29.8 Å². The van der Waals surface area contributed by atoms with Crippen LogP contribution in [0.2, 0.25) is 5.02 Å². The molecule has 1 aliphatic heterocycles. The highest BCUT2D eigenvalue weighted by molar-refractivity contribution is 6.34. The molecule has 1 atom stereocenters. The molecule has 0 aliphatic carbocycles. The lowest BCUT2D eigenvalue weighted by atomic mass is 9.93. The molecule has 0 aromatic heterocycles. The van der Waals surface area contributed by atoms with Gasteiger partial charge in [-0.3, -0.25) is 4.79 Å². The van der Waals surface area contributed by atoms with E-state index in [1.807, 2.05) is 38.1 Å². The first-order valence-corrected chi connectivity index (χ1v) is 17.9. The van der Waals surface area contributed by atoms with E-state index >= 15 is 0 Å². The van der Waals surface area contributed by atoms with E-state index in [-0.39, 0.29) is 35.7 Å². The van der Waals surface area contributed by atoms with E-state index < -0.39 is 42.9 Å². The van der Waals surface area contributed by atoms with Crippen molar-refractivity contribution in [2.45, 2.75) is 51.5 Å². The molecule has 1 amide bonds. The first-order valence-electron chi connectivity index (χ1n) is 17.5. The normalized spacial score (nSPS) is 14.8. The van der Waals surface area contributed by atoms with Crippen LogP contribution >= 0.6 is 11.6 Å². The van der Waals surface area contributed by atoms with Crippen molar-refractivity contribution in [3.63, 3.8) is 0 Å². The number of benzene rings is 4. The second-order valence-corrected chi connectivity index (χ2v) is 13.8. The Morgan fingerprint density at radius 2 is 1.64 bits per heavy atom. The fraction of sp³-hybridized carbons (Fsp3) is 0.375. The third-order valence-corrected chi connectivity index (χ3v) is 9.93. The molecule has 1 heterocycles. The molecule has 53 heavy (non-hydrogen) atoms. The van der Waals surface area contributed by atoms with Gasteiger partial charge in [0.05, 0.1) is 48.8 Å². The summed E-state index contributed by atoms with van der Waals surface area (Å²) < 4.78 is 39.6. The number of ether oxygens (including phenoxy) is 2. The largest absolute Gasteiger partial charge is 0.493 e. The Morgan fingerprint density at radius 1 is 0.925 bits per heavy atom. The average molecular weight is 754 g/mol. The van der Waals surface area contributed by atoms with Crippen LogP contribution in [-0.2, 0) is 13.2 Å². The molecular formula is C40H46ClF2N3O7. The summed E-state index contributed by atoms with van der Waals surface area (Å²) in [6, 6.07) is 17.7. The molecule has 0 spiro atoms. The third-order valence-electron chi connectivity index (χ3n) is 9.61. The van der Waals surface area contributed by atoms with Crippen molar-refractivity contribution in [1.82, 2.24) is 10.2 Å². The molecule has 1 aliphatic rings. The molecule has 0 bridgehead atoms. The zero-order valence-electron chi connectivity index (χ0n) is 29.8. The molecule has 0 saturated carbocycles. The summed E-state index contributed by atoms with van der Waals surface area (Å²) in [4.78, 5) is 16.1. The van der Waals surface area contributed by atoms with Crippen LogP contribution in [0, 0.1) is 25.5 Å². The van der Waals surface area contributed by atoms with Gasteiger partial charge in [-0.15, -0.1) is 0 Å². The van der Waals surface area contributed by atoms with Gasteiger partial charge < -0.3 is 45.4 Å². The number of aliphatic hydroxyl groups is 4. The summed E-state index contributed by atoms with van der Waals surface area (Å²) in [7, 11) is 0. The van der Waals surface area contributed by atoms with Crippen LogP contribution in [0.3, 0.4) is 0 Å². The summed E-state index contributed by atoms with van der Waals surface area (Å²) in [6.45, 7) is 4.97. The maximum atomic E-state index is 13.9. The minimum Gasteiger partial charge on any atom is -0.493 e. The quantitative estimate of drug-likeness (QED) is 0.0785.